The fourth-order valence-electron chi connectivity index (χ4n) is 1.39. The quantitative estimate of drug-likeness (QED) is 0.694. The monoisotopic (exact) mass is 199 g/mol. The summed E-state index contributed by atoms with van der Waals surface area (Å²) in [5.74, 6) is 1.01. The molecule has 0 bridgehead atoms. The number of hydrogen-bond donors (Lipinski definition) is 1. The van der Waals surface area contributed by atoms with Gasteiger partial charge in [0.1, 0.15) is 0 Å². The van der Waals surface area contributed by atoms with Gasteiger partial charge < -0.3 is 5.73 Å². The van der Waals surface area contributed by atoms with E-state index in [0.29, 0.717) is 0 Å². The van der Waals surface area contributed by atoms with Gasteiger partial charge in [0.2, 0.25) is 0 Å². The molecule has 2 rings (SSSR count). The summed E-state index contributed by atoms with van der Waals surface area (Å²) in [5, 5.41) is 0.857. The maximum Gasteiger partial charge on any atom is 0.0449 e. The summed E-state index contributed by atoms with van der Waals surface area (Å²) in [7, 11) is 0. The smallest absolute Gasteiger partial charge is 0.0449 e. The summed E-state index contributed by atoms with van der Waals surface area (Å²) in [6.07, 6.45) is 0.919. The Morgan fingerprint density at radius 2 is 2.33 bits per heavy atom. The highest BCUT2D eigenvalue weighted by atomic mass is 35.5. The summed E-state index contributed by atoms with van der Waals surface area (Å²) >= 11 is 7.84. The summed E-state index contributed by atoms with van der Waals surface area (Å²) in [6, 6.07) is 6.30. The van der Waals surface area contributed by atoms with Crippen molar-refractivity contribution in [3.05, 3.63) is 28.8 Å². The molecule has 1 unspecified atom stereocenters. The third kappa shape index (κ3) is 1.47. The molecule has 64 valence electrons. The first-order chi connectivity index (χ1) is 5.77. The number of nitrogens with two attached hydrogens (primary N) is 1. The summed E-state index contributed by atoms with van der Waals surface area (Å²) in [4.78, 5) is 1.30. The number of rotatable bonds is 0. The molecule has 1 aromatic carbocycles. The molecule has 0 saturated heterocycles. The molecule has 12 heavy (non-hydrogen) atoms. The summed E-state index contributed by atoms with van der Waals surface area (Å²) < 4.78 is 0. The van der Waals surface area contributed by atoms with Crippen molar-refractivity contribution in [3.63, 3.8) is 0 Å². The molecule has 0 fully saturated rings. The van der Waals surface area contributed by atoms with Crippen molar-refractivity contribution in [1.82, 2.24) is 0 Å². The Kier molecular flexibility index (Phi) is 2.31. The Morgan fingerprint density at radius 1 is 1.50 bits per heavy atom. The van der Waals surface area contributed by atoms with Crippen LogP contribution in [0.5, 0.6) is 0 Å². The van der Waals surface area contributed by atoms with Crippen molar-refractivity contribution in [1.29, 1.82) is 0 Å². The molecule has 0 aliphatic carbocycles. The topological polar surface area (TPSA) is 26.0 Å². The second-order valence-corrected chi connectivity index (χ2v) is 4.46. The third-order valence-electron chi connectivity index (χ3n) is 2.00. The first-order valence-electron chi connectivity index (χ1n) is 3.93. The van der Waals surface area contributed by atoms with Crippen LogP contribution in [0.25, 0.3) is 0 Å². The number of benzene rings is 1. The van der Waals surface area contributed by atoms with E-state index in [1.54, 1.807) is 11.8 Å². The van der Waals surface area contributed by atoms with Crippen LogP contribution in [0.1, 0.15) is 5.56 Å². The predicted octanol–water partition coefficient (Wildman–Crippen LogP) is 2.32. The van der Waals surface area contributed by atoms with Gasteiger partial charge in [-0.2, -0.15) is 0 Å². The maximum atomic E-state index is 6.04. The normalized spacial score (nSPS) is 22.0. The van der Waals surface area contributed by atoms with Gasteiger partial charge >= 0.3 is 0 Å². The van der Waals surface area contributed by atoms with Crippen molar-refractivity contribution in [3.8, 4) is 0 Å². The predicted molar refractivity (Wildman–Crippen MR) is 53.9 cm³/mol. The molecule has 0 spiro atoms. The second kappa shape index (κ2) is 3.29. The van der Waals surface area contributed by atoms with Crippen molar-refractivity contribution in [2.45, 2.75) is 17.4 Å². The maximum absolute atomic E-state index is 6.04. The van der Waals surface area contributed by atoms with Gasteiger partial charge in [-0.15, -0.1) is 11.8 Å². The van der Waals surface area contributed by atoms with Gasteiger partial charge in [0, 0.05) is 21.7 Å². The Hall–Kier alpha value is -0.180. The average molecular weight is 200 g/mol. The Bertz CT molecular complexity index is 301. The van der Waals surface area contributed by atoms with E-state index in [0.717, 1.165) is 17.2 Å². The lowest BCUT2D eigenvalue weighted by molar-refractivity contribution is 0.727. The highest BCUT2D eigenvalue weighted by Gasteiger charge is 2.17. The van der Waals surface area contributed by atoms with E-state index in [1.165, 1.54) is 10.5 Å². The van der Waals surface area contributed by atoms with Crippen LogP contribution in [0.3, 0.4) is 0 Å². The second-order valence-electron chi connectivity index (χ2n) is 2.99. The van der Waals surface area contributed by atoms with Crippen molar-refractivity contribution >= 4 is 23.4 Å². The number of thioether (sulfide) groups is 1. The minimum atomic E-state index is 0.266. The fourth-order valence-corrected chi connectivity index (χ4v) is 2.75. The minimum Gasteiger partial charge on any atom is -0.327 e. The van der Waals surface area contributed by atoms with Crippen molar-refractivity contribution in [2.75, 3.05) is 5.75 Å². The first-order valence-corrected chi connectivity index (χ1v) is 5.29. The molecular formula is C9H10ClNS. The van der Waals surface area contributed by atoms with E-state index in [4.69, 9.17) is 17.3 Å². The van der Waals surface area contributed by atoms with Crippen LogP contribution in [0.2, 0.25) is 5.02 Å². The third-order valence-corrected chi connectivity index (χ3v) is 3.64. The highest BCUT2D eigenvalue weighted by Crippen LogP contribution is 2.33. The largest absolute Gasteiger partial charge is 0.327 e. The molecule has 1 aliphatic rings. The molecule has 1 nitrogen and oxygen atoms in total. The fraction of sp³-hybridized carbons (Fsp3) is 0.333. The van der Waals surface area contributed by atoms with Crippen LogP contribution in [0.15, 0.2) is 23.1 Å². The summed E-state index contributed by atoms with van der Waals surface area (Å²) in [5.41, 5.74) is 7.06. The molecule has 1 aliphatic heterocycles. The number of hydrogen-bond acceptors (Lipinski definition) is 2. The molecule has 0 aromatic heterocycles. The van der Waals surface area contributed by atoms with Gasteiger partial charge in [-0.1, -0.05) is 17.7 Å². The zero-order chi connectivity index (χ0) is 8.55. The minimum absolute atomic E-state index is 0.266. The molecule has 3 heteroatoms. The number of fused-ring (bicyclic) bond motifs is 1. The van der Waals surface area contributed by atoms with E-state index in [1.807, 2.05) is 12.1 Å². The lowest BCUT2D eigenvalue weighted by Gasteiger charge is -2.21. The van der Waals surface area contributed by atoms with Crippen LogP contribution in [0.4, 0.5) is 0 Å². The first kappa shape index (κ1) is 8.42. The van der Waals surface area contributed by atoms with E-state index in [2.05, 4.69) is 6.07 Å². The lowest BCUT2D eigenvalue weighted by Crippen LogP contribution is -2.28. The van der Waals surface area contributed by atoms with Crippen LogP contribution in [0, 0.1) is 0 Å². The van der Waals surface area contributed by atoms with Gasteiger partial charge in [-0.05, 0) is 24.1 Å². The number of halogens is 1. The van der Waals surface area contributed by atoms with Gasteiger partial charge in [0.05, 0.1) is 0 Å². The molecule has 1 aromatic rings. The van der Waals surface area contributed by atoms with Crippen molar-refractivity contribution < 1.29 is 0 Å². The van der Waals surface area contributed by atoms with E-state index < -0.39 is 0 Å². The zero-order valence-electron chi connectivity index (χ0n) is 6.59. The SMILES string of the molecule is NC1CSc2cccc(Cl)c2C1. The van der Waals surface area contributed by atoms with E-state index in [-0.39, 0.29) is 6.04 Å². The standard InChI is InChI=1S/C9H10ClNS/c10-8-2-1-3-9-7(8)4-6(11)5-12-9/h1-3,6H,4-5,11H2. The van der Waals surface area contributed by atoms with E-state index in [9.17, 15) is 0 Å². The van der Waals surface area contributed by atoms with Crippen molar-refractivity contribution in [2.24, 2.45) is 5.73 Å². The summed E-state index contributed by atoms with van der Waals surface area (Å²) in [6.45, 7) is 0. The Labute approximate surface area is 81.3 Å². The lowest BCUT2D eigenvalue weighted by atomic mass is 10.1. The van der Waals surface area contributed by atoms with Crippen LogP contribution >= 0.6 is 23.4 Å². The molecule has 2 N–H and O–H groups in total. The van der Waals surface area contributed by atoms with Gasteiger partial charge in [0.25, 0.3) is 0 Å². The van der Waals surface area contributed by atoms with E-state index >= 15 is 0 Å². The van der Waals surface area contributed by atoms with Gasteiger partial charge in [0.15, 0.2) is 0 Å². The molecule has 0 radical (unpaired) electrons. The highest BCUT2D eigenvalue weighted by molar-refractivity contribution is 7.99. The van der Waals surface area contributed by atoms with Crippen LogP contribution in [-0.4, -0.2) is 11.8 Å². The van der Waals surface area contributed by atoms with Crippen LogP contribution < -0.4 is 5.73 Å². The molecule has 0 amide bonds. The zero-order valence-corrected chi connectivity index (χ0v) is 8.16. The molecule has 1 atom stereocenters. The molecular weight excluding hydrogens is 190 g/mol. The Morgan fingerprint density at radius 3 is 3.17 bits per heavy atom. The Balaban J connectivity index is 2.43. The molecule has 1 heterocycles. The molecule has 0 saturated carbocycles. The van der Waals surface area contributed by atoms with Gasteiger partial charge in [-0.3, -0.25) is 0 Å². The van der Waals surface area contributed by atoms with Crippen LogP contribution in [-0.2, 0) is 6.42 Å². The van der Waals surface area contributed by atoms with Gasteiger partial charge in [-0.25, -0.2) is 0 Å². The average Bonchev–Trinajstić information content (AvgIpc) is 2.07.